The van der Waals surface area contributed by atoms with Crippen LogP contribution in [0, 0.1) is 0 Å². The van der Waals surface area contributed by atoms with Gasteiger partial charge in [-0.15, -0.1) is 0 Å². The van der Waals surface area contributed by atoms with Crippen molar-refractivity contribution in [3.63, 3.8) is 0 Å². The molecule has 0 fully saturated rings. The molecule has 1 aliphatic heterocycles. The highest BCUT2D eigenvalue weighted by Gasteiger charge is 2.23. The Bertz CT molecular complexity index is 1720. The van der Waals surface area contributed by atoms with E-state index >= 15 is 0 Å². The highest BCUT2D eigenvalue weighted by atomic mass is 16.5. The van der Waals surface area contributed by atoms with Gasteiger partial charge in [-0.05, 0) is 43.2 Å². The first kappa shape index (κ1) is 30.9. The van der Waals surface area contributed by atoms with Crippen LogP contribution in [0.2, 0.25) is 0 Å². The van der Waals surface area contributed by atoms with Gasteiger partial charge in [0, 0.05) is 37.0 Å². The van der Waals surface area contributed by atoms with Gasteiger partial charge in [-0.3, -0.25) is 28.5 Å². The van der Waals surface area contributed by atoms with Crippen LogP contribution in [0.5, 0.6) is 5.75 Å². The Morgan fingerprint density at radius 1 is 1.00 bits per heavy atom. The van der Waals surface area contributed by atoms with E-state index in [1.54, 1.807) is 54.7 Å². The molecule has 4 amide bonds. The Morgan fingerprint density at radius 3 is 2.71 bits per heavy atom. The first-order valence-electron chi connectivity index (χ1n) is 14.6. The number of ether oxygens (including phenoxy) is 1. The van der Waals surface area contributed by atoms with Crippen molar-refractivity contribution in [3.8, 4) is 5.75 Å². The summed E-state index contributed by atoms with van der Waals surface area (Å²) in [4.78, 5) is 77.9. The van der Waals surface area contributed by atoms with E-state index in [0.29, 0.717) is 40.8 Å². The van der Waals surface area contributed by atoms with E-state index in [9.17, 15) is 24.0 Å². The SMILES string of the molecule is O=C1CN(C(=O)Cn2cnc3ccccc3c2=O)CCCCNC(=O)[C@H](Cc2cnc[nH]2)NC(=O)c2cccc(c2)OCCN1. The number of rotatable bonds is 4. The number of carbonyl (C=O) groups is 4. The van der Waals surface area contributed by atoms with E-state index in [4.69, 9.17) is 4.74 Å². The Morgan fingerprint density at radius 2 is 1.87 bits per heavy atom. The molecule has 5 rings (SSSR count). The normalized spacial score (nSPS) is 17.2. The van der Waals surface area contributed by atoms with Crippen molar-refractivity contribution >= 4 is 34.5 Å². The largest absolute Gasteiger partial charge is 0.492 e. The number of carbonyl (C=O) groups excluding carboxylic acids is 4. The molecule has 3 heterocycles. The molecular formula is C31H34N8O6. The average molecular weight is 615 g/mol. The summed E-state index contributed by atoms with van der Waals surface area (Å²) in [7, 11) is 0. The van der Waals surface area contributed by atoms with Crippen molar-refractivity contribution in [2.24, 2.45) is 0 Å². The van der Waals surface area contributed by atoms with Crippen LogP contribution in [0.25, 0.3) is 10.9 Å². The fourth-order valence-electron chi connectivity index (χ4n) is 4.90. The van der Waals surface area contributed by atoms with Crippen LogP contribution in [-0.2, 0) is 27.3 Å². The number of imidazole rings is 1. The molecule has 2 aromatic heterocycles. The molecule has 1 atom stereocenters. The molecule has 2 bridgehead atoms. The van der Waals surface area contributed by atoms with E-state index in [0.717, 1.165) is 0 Å². The van der Waals surface area contributed by atoms with Crippen LogP contribution in [0.15, 0.2) is 72.2 Å². The van der Waals surface area contributed by atoms with Gasteiger partial charge in [0.25, 0.3) is 11.5 Å². The molecular weight excluding hydrogens is 580 g/mol. The Kier molecular flexibility index (Phi) is 10.1. The maximum Gasteiger partial charge on any atom is 0.261 e. The summed E-state index contributed by atoms with van der Waals surface area (Å²) in [5.74, 6) is -1.22. The molecule has 45 heavy (non-hydrogen) atoms. The predicted molar refractivity (Wildman–Crippen MR) is 163 cm³/mol. The molecule has 0 saturated heterocycles. The second kappa shape index (κ2) is 14.8. The molecule has 0 aliphatic carbocycles. The van der Waals surface area contributed by atoms with Crippen molar-refractivity contribution in [2.45, 2.75) is 31.8 Å². The van der Waals surface area contributed by atoms with Gasteiger partial charge in [-0.25, -0.2) is 9.97 Å². The van der Waals surface area contributed by atoms with Crippen LogP contribution in [0.1, 0.15) is 28.9 Å². The lowest BCUT2D eigenvalue weighted by atomic mass is 10.1. The molecule has 1 aliphatic rings. The second-order valence-electron chi connectivity index (χ2n) is 10.5. The Hall–Kier alpha value is -5.53. The number of amides is 4. The molecule has 0 unspecified atom stereocenters. The number of nitrogens with one attached hydrogen (secondary N) is 4. The van der Waals surface area contributed by atoms with Gasteiger partial charge in [-0.2, -0.15) is 0 Å². The third-order valence-corrected chi connectivity index (χ3v) is 7.27. The van der Waals surface area contributed by atoms with E-state index in [1.165, 1.54) is 22.1 Å². The summed E-state index contributed by atoms with van der Waals surface area (Å²) >= 11 is 0. The van der Waals surface area contributed by atoms with Crippen LogP contribution >= 0.6 is 0 Å². The maximum atomic E-state index is 13.4. The molecule has 234 valence electrons. The molecule has 2 aromatic carbocycles. The average Bonchev–Trinajstić information content (AvgIpc) is 3.56. The number of aromatic nitrogens is 4. The number of benzene rings is 2. The topological polar surface area (TPSA) is 180 Å². The minimum absolute atomic E-state index is 0.119. The Balaban J connectivity index is 1.29. The number of aromatic amines is 1. The van der Waals surface area contributed by atoms with E-state index in [-0.39, 0.29) is 57.2 Å². The molecule has 4 N–H and O–H groups in total. The van der Waals surface area contributed by atoms with Gasteiger partial charge in [0.15, 0.2) is 0 Å². The number of H-pyrrole nitrogens is 1. The smallest absolute Gasteiger partial charge is 0.261 e. The number of nitrogens with zero attached hydrogens (tertiary/aromatic N) is 4. The molecule has 0 spiro atoms. The van der Waals surface area contributed by atoms with Crippen molar-refractivity contribution in [1.82, 2.24) is 40.4 Å². The third-order valence-electron chi connectivity index (χ3n) is 7.27. The summed E-state index contributed by atoms with van der Waals surface area (Å²) < 4.78 is 6.96. The quantitative estimate of drug-likeness (QED) is 0.255. The fraction of sp³-hybridized carbons (Fsp3) is 0.323. The van der Waals surface area contributed by atoms with E-state index < -0.39 is 23.8 Å². The monoisotopic (exact) mass is 614 g/mol. The lowest BCUT2D eigenvalue weighted by Crippen LogP contribution is -2.48. The number of hydrogen-bond donors (Lipinski definition) is 4. The van der Waals surface area contributed by atoms with Gasteiger partial charge in [0.1, 0.15) is 24.9 Å². The summed E-state index contributed by atoms with van der Waals surface area (Å²) in [5, 5.41) is 8.79. The highest BCUT2D eigenvalue weighted by Crippen LogP contribution is 2.14. The first-order chi connectivity index (χ1) is 21.9. The lowest BCUT2D eigenvalue weighted by molar-refractivity contribution is -0.136. The maximum absolute atomic E-state index is 13.4. The zero-order valence-corrected chi connectivity index (χ0v) is 24.5. The van der Waals surface area contributed by atoms with Gasteiger partial charge in [-0.1, -0.05) is 18.2 Å². The summed E-state index contributed by atoms with van der Waals surface area (Å²) in [5.41, 5.74) is 1.17. The van der Waals surface area contributed by atoms with Gasteiger partial charge >= 0.3 is 0 Å². The molecule has 14 heteroatoms. The van der Waals surface area contributed by atoms with Crippen LogP contribution < -0.4 is 26.2 Å². The molecule has 4 aromatic rings. The number of hydrogen-bond acceptors (Lipinski definition) is 8. The third kappa shape index (κ3) is 8.31. The molecule has 0 saturated carbocycles. The zero-order valence-electron chi connectivity index (χ0n) is 24.5. The van der Waals surface area contributed by atoms with Crippen LogP contribution in [0.4, 0.5) is 0 Å². The van der Waals surface area contributed by atoms with Gasteiger partial charge < -0.3 is 30.6 Å². The van der Waals surface area contributed by atoms with Gasteiger partial charge in [0.05, 0.1) is 36.6 Å². The summed E-state index contributed by atoms with van der Waals surface area (Å²) in [6, 6.07) is 12.5. The summed E-state index contributed by atoms with van der Waals surface area (Å²) in [6.45, 7) is 0.272. The lowest BCUT2D eigenvalue weighted by Gasteiger charge is -2.23. The van der Waals surface area contributed by atoms with Crippen molar-refractivity contribution in [3.05, 3.63) is 89.0 Å². The minimum Gasteiger partial charge on any atom is -0.492 e. The summed E-state index contributed by atoms with van der Waals surface area (Å²) in [6.07, 6.45) is 5.58. The van der Waals surface area contributed by atoms with Crippen molar-refractivity contribution < 1.29 is 23.9 Å². The van der Waals surface area contributed by atoms with Crippen LogP contribution in [-0.4, -0.2) is 86.9 Å². The second-order valence-corrected chi connectivity index (χ2v) is 10.5. The first-order valence-corrected chi connectivity index (χ1v) is 14.6. The predicted octanol–water partition coefficient (Wildman–Crippen LogP) is 0.395. The standard InChI is InChI=1S/C31H34N8O6/c40-27-17-38(28(41)18-39-20-36-25-9-2-1-8-24(25)31(39)44)12-4-3-10-34-30(43)26(15-22-16-32-19-35-22)37-29(42)21-6-5-7-23(14-21)45-13-11-33-27/h1-2,5-9,14,16,19-20,26H,3-4,10-13,15,17-18H2,(H,32,35)(H,33,40)(H,34,43)(H,37,42)/t26-/m0/s1. The molecule has 14 nitrogen and oxygen atoms in total. The minimum atomic E-state index is -0.876. The zero-order chi connectivity index (χ0) is 31.6. The van der Waals surface area contributed by atoms with Crippen LogP contribution in [0.3, 0.4) is 0 Å². The highest BCUT2D eigenvalue weighted by molar-refractivity contribution is 5.98. The van der Waals surface area contributed by atoms with E-state index in [2.05, 4.69) is 30.9 Å². The van der Waals surface area contributed by atoms with Crippen molar-refractivity contribution in [1.29, 1.82) is 0 Å². The van der Waals surface area contributed by atoms with Crippen molar-refractivity contribution in [2.75, 3.05) is 32.8 Å². The van der Waals surface area contributed by atoms with Gasteiger partial charge in [0.2, 0.25) is 17.7 Å². The Labute approximate surface area is 258 Å². The van der Waals surface area contributed by atoms with E-state index in [1.807, 2.05) is 0 Å². The number of para-hydroxylation sites is 1. The number of fused-ring (bicyclic) bond motifs is 3. The molecule has 0 radical (unpaired) electrons. The fourth-order valence-corrected chi connectivity index (χ4v) is 4.90.